The molecule has 29 heavy (non-hydrogen) atoms. The van der Waals surface area contributed by atoms with E-state index in [2.05, 4.69) is 58.9 Å². The Balaban J connectivity index is 1.82. The van der Waals surface area contributed by atoms with Gasteiger partial charge in [0.05, 0.1) is 6.61 Å². The van der Waals surface area contributed by atoms with E-state index in [4.69, 9.17) is 9.84 Å². The number of ether oxygens (including phenoxy) is 1. The zero-order valence-corrected chi connectivity index (χ0v) is 18.3. The van der Waals surface area contributed by atoms with Crippen molar-refractivity contribution in [1.82, 2.24) is 0 Å². The molecular formula is C26H34O3. The van der Waals surface area contributed by atoms with E-state index in [0.717, 1.165) is 5.56 Å². The van der Waals surface area contributed by atoms with E-state index in [0.29, 0.717) is 5.75 Å². The van der Waals surface area contributed by atoms with E-state index in [9.17, 15) is 5.11 Å². The van der Waals surface area contributed by atoms with E-state index in [1.54, 1.807) is 0 Å². The number of rotatable bonds is 6. The highest BCUT2D eigenvalue weighted by Gasteiger charge is 2.36. The van der Waals surface area contributed by atoms with Crippen LogP contribution in [-0.2, 0) is 10.8 Å². The van der Waals surface area contributed by atoms with Crippen LogP contribution in [0.3, 0.4) is 0 Å². The zero-order chi connectivity index (χ0) is 21.2. The summed E-state index contributed by atoms with van der Waals surface area (Å²) in [6.07, 6.45) is 3.78. The fourth-order valence-corrected chi connectivity index (χ4v) is 4.07. The molecule has 0 aliphatic heterocycles. The van der Waals surface area contributed by atoms with Crippen molar-refractivity contribution in [2.45, 2.75) is 64.4 Å². The molecule has 1 atom stereocenters. The molecule has 3 nitrogen and oxygen atoms in total. The van der Waals surface area contributed by atoms with Crippen molar-refractivity contribution in [3.8, 4) is 5.75 Å². The summed E-state index contributed by atoms with van der Waals surface area (Å²) in [5, 5.41) is 18.2. The van der Waals surface area contributed by atoms with Gasteiger partial charge in [-0.2, -0.15) is 0 Å². The fraction of sp³-hybridized carbons (Fsp3) is 0.462. The molecule has 3 heteroatoms. The number of aliphatic hydroxyl groups is 2. The molecule has 2 aromatic carbocycles. The Hall–Kier alpha value is -2.10. The number of hydrogen-bond donors (Lipinski definition) is 2. The predicted octanol–water partition coefficient (Wildman–Crippen LogP) is 5.33. The van der Waals surface area contributed by atoms with E-state index < -0.39 is 6.10 Å². The minimum Gasteiger partial charge on any atom is -0.491 e. The number of benzene rings is 2. The van der Waals surface area contributed by atoms with Gasteiger partial charge in [-0.05, 0) is 70.6 Å². The number of hydrogen-bond acceptors (Lipinski definition) is 3. The first-order valence-corrected chi connectivity index (χ1v) is 10.5. The maximum Gasteiger partial charge on any atom is 0.119 e. The molecule has 0 radical (unpaired) electrons. The fourth-order valence-electron chi connectivity index (χ4n) is 4.07. The third kappa shape index (κ3) is 4.91. The van der Waals surface area contributed by atoms with Crippen molar-refractivity contribution < 1.29 is 14.9 Å². The average Bonchev–Trinajstić information content (AvgIpc) is 2.70. The van der Waals surface area contributed by atoms with Gasteiger partial charge in [-0.3, -0.25) is 0 Å². The highest BCUT2D eigenvalue weighted by molar-refractivity contribution is 5.80. The normalized spacial score (nSPS) is 18.8. The summed E-state index contributed by atoms with van der Waals surface area (Å²) in [7, 11) is 0. The lowest BCUT2D eigenvalue weighted by Gasteiger charge is -2.42. The first-order valence-electron chi connectivity index (χ1n) is 10.5. The molecular weight excluding hydrogens is 360 g/mol. The first kappa shape index (κ1) is 21.6. The second-order valence-electron chi connectivity index (χ2n) is 9.57. The van der Waals surface area contributed by atoms with Crippen LogP contribution in [0.4, 0.5) is 0 Å². The van der Waals surface area contributed by atoms with Gasteiger partial charge in [0.25, 0.3) is 0 Å². The number of allylic oxidation sites excluding steroid dienone is 1. The molecule has 156 valence electrons. The van der Waals surface area contributed by atoms with E-state index in [1.165, 1.54) is 35.1 Å². The van der Waals surface area contributed by atoms with Crippen LogP contribution in [0.1, 0.15) is 69.7 Å². The quantitative estimate of drug-likeness (QED) is 0.651. The Kier molecular flexibility index (Phi) is 6.21. The lowest BCUT2D eigenvalue weighted by Crippen LogP contribution is -2.33. The molecule has 0 bridgehead atoms. The zero-order valence-electron chi connectivity index (χ0n) is 18.3. The number of aliphatic hydroxyl groups excluding tert-OH is 2. The third-order valence-electron chi connectivity index (χ3n) is 6.22. The third-order valence-corrected chi connectivity index (χ3v) is 6.22. The van der Waals surface area contributed by atoms with Gasteiger partial charge < -0.3 is 14.9 Å². The van der Waals surface area contributed by atoms with Crippen LogP contribution in [0.25, 0.3) is 11.6 Å². The van der Waals surface area contributed by atoms with Gasteiger partial charge in [-0.1, -0.05) is 64.1 Å². The highest BCUT2D eigenvalue weighted by atomic mass is 16.5. The van der Waals surface area contributed by atoms with Gasteiger partial charge in [-0.15, -0.1) is 0 Å². The second-order valence-corrected chi connectivity index (χ2v) is 9.57. The van der Waals surface area contributed by atoms with Crippen molar-refractivity contribution >= 4 is 11.6 Å². The Morgan fingerprint density at radius 2 is 1.62 bits per heavy atom. The SMILES string of the molecule is C/C(=C\c1ccc(OCC(O)CO)cc1)c1ccc2c(c1)C(C)(C)CCC2(C)C. The van der Waals surface area contributed by atoms with Gasteiger partial charge in [0.15, 0.2) is 0 Å². The second kappa shape index (κ2) is 8.33. The van der Waals surface area contributed by atoms with Crippen LogP contribution in [0.2, 0.25) is 0 Å². The van der Waals surface area contributed by atoms with E-state index in [-0.39, 0.29) is 24.0 Å². The monoisotopic (exact) mass is 394 g/mol. The van der Waals surface area contributed by atoms with Gasteiger partial charge >= 0.3 is 0 Å². The molecule has 1 unspecified atom stereocenters. The smallest absolute Gasteiger partial charge is 0.119 e. The van der Waals surface area contributed by atoms with Crippen LogP contribution in [-0.4, -0.2) is 29.5 Å². The Bertz CT molecular complexity index is 875. The summed E-state index contributed by atoms with van der Waals surface area (Å²) >= 11 is 0. The maximum absolute atomic E-state index is 9.39. The van der Waals surface area contributed by atoms with Crippen molar-refractivity contribution in [3.05, 3.63) is 64.7 Å². The summed E-state index contributed by atoms with van der Waals surface area (Å²) in [6, 6.07) is 14.8. The highest BCUT2D eigenvalue weighted by Crippen LogP contribution is 2.46. The minimum absolute atomic E-state index is 0.0893. The van der Waals surface area contributed by atoms with Gasteiger partial charge in [0.2, 0.25) is 0 Å². The van der Waals surface area contributed by atoms with Crippen LogP contribution >= 0.6 is 0 Å². The van der Waals surface area contributed by atoms with Crippen molar-refractivity contribution in [2.24, 2.45) is 0 Å². The Morgan fingerprint density at radius 3 is 2.24 bits per heavy atom. The van der Waals surface area contributed by atoms with Crippen molar-refractivity contribution in [2.75, 3.05) is 13.2 Å². The molecule has 0 spiro atoms. The lowest BCUT2D eigenvalue weighted by molar-refractivity contribution is 0.0536. The lowest BCUT2D eigenvalue weighted by atomic mass is 9.63. The molecule has 2 N–H and O–H groups in total. The summed E-state index contributed by atoms with van der Waals surface area (Å²) in [4.78, 5) is 0. The molecule has 0 fully saturated rings. The van der Waals surface area contributed by atoms with Gasteiger partial charge in [0.1, 0.15) is 18.5 Å². The molecule has 0 saturated carbocycles. The van der Waals surface area contributed by atoms with Gasteiger partial charge in [0, 0.05) is 0 Å². The number of fused-ring (bicyclic) bond motifs is 1. The predicted molar refractivity (Wildman–Crippen MR) is 120 cm³/mol. The van der Waals surface area contributed by atoms with Gasteiger partial charge in [-0.25, -0.2) is 0 Å². The molecule has 0 heterocycles. The maximum atomic E-state index is 9.39. The van der Waals surface area contributed by atoms with Crippen LogP contribution in [0, 0.1) is 0 Å². The molecule has 0 amide bonds. The van der Waals surface area contributed by atoms with E-state index in [1.807, 2.05) is 24.3 Å². The molecule has 2 aromatic rings. The van der Waals surface area contributed by atoms with Crippen molar-refractivity contribution in [1.29, 1.82) is 0 Å². The van der Waals surface area contributed by atoms with E-state index >= 15 is 0 Å². The molecule has 1 aliphatic carbocycles. The van der Waals surface area contributed by atoms with Crippen LogP contribution in [0.5, 0.6) is 5.75 Å². The largest absolute Gasteiger partial charge is 0.491 e. The first-order chi connectivity index (χ1) is 13.6. The standard InChI is InChI=1S/C26H34O3/c1-18(14-19-6-9-22(10-7-19)29-17-21(28)16-27)20-8-11-23-24(15-20)26(4,5)13-12-25(23,2)3/h6-11,14-15,21,27-28H,12-13,16-17H2,1-5H3/b18-14+. The summed E-state index contributed by atoms with van der Waals surface area (Å²) < 4.78 is 5.48. The topological polar surface area (TPSA) is 49.7 Å². The summed E-state index contributed by atoms with van der Waals surface area (Å²) in [5.41, 5.74) is 7.01. The van der Waals surface area contributed by atoms with Crippen LogP contribution in [0.15, 0.2) is 42.5 Å². The molecule has 1 aliphatic rings. The molecule has 3 rings (SSSR count). The Labute approximate surface area is 175 Å². The average molecular weight is 395 g/mol. The van der Waals surface area contributed by atoms with Crippen molar-refractivity contribution in [3.63, 3.8) is 0 Å². The van der Waals surface area contributed by atoms with Crippen LogP contribution < -0.4 is 4.74 Å². The Morgan fingerprint density at radius 1 is 1.00 bits per heavy atom. The summed E-state index contributed by atoms with van der Waals surface area (Å²) in [6.45, 7) is 11.4. The molecule has 0 saturated heterocycles. The minimum atomic E-state index is -0.852. The summed E-state index contributed by atoms with van der Waals surface area (Å²) in [5.74, 6) is 0.685. The molecule has 0 aromatic heterocycles.